The molecule has 2 saturated carbocycles. The molecule has 2 fully saturated rings. The molecule has 0 saturated heterocycles. The van der Waals surface area contributed by atoms with Gasteiger partial charge in [-0.25, -0.2) is 8.78 Å². The minimum Gasteiger partial charge on any atom is -0.203 e. The van der Waals surface area contributed by atoms with Gasteiger partial charge in [-0.05, 0) is 93.1 Å². The van der Waals surface area contributed by atoms with E-state index in [0.717, 1.165) is 18.8 Å². The molecule has 2 aromatic carbocycles. The minimum absolute atomic E-state index is 0.323. The first-order valence-electron chi connectivity index (χ1n) is 14.5. The fraction of sp³-hybridized carbons (Fsp3) is 0.529. The lowest BCUT2D eigenvalue weighted by molar-refractivity contribution is 0.303. The van der Waals surface area contributed by atoms with E-state index in [-0.39, 0.29) is 0 Å². The van der Waals surface area contributed by atoms with Crippen LogP contribution in [0.1, 0.15) is 125 Å². The highest BCUT2D eigenvalue weighted by molar-refractivity contribution is 5.83. The summed E-state index contributed by atoms with van der Waals surface area (Å²) in [6, 6.07) is 15.0. The van der Waals surface area contributed by atoms with Crippen molar-refractivity contribution in [3.05, 3.63) is 82.9 Å². The van der Waals surface area contributed by atoms with Gasteiger partial charge in [-0.2, -0.15) is 0 Å². The van der Waals surface area contributed by atoms with E-state index in [9.17, 15) is 0 Å². The summed E-state index contributed by atoms with van der Waals surface area (Å²) in [5, 5.41) is 0. The molecule has 0 aliphatic heterocycles. The molecule has 2 aromatic rings. The van der Waals surface area contributed by atoms with Crippen molar-refractivity contribution in [2.24, 2.45) is 11.8 Å². The third-order valence-corrected chi connectivity index (χ3v) is 8.76. The van der Waals surface area contributed by atoms with E-state index in [1.54, 1.807) is 24.3 Å². The van der Waals surface area contributed by atoms with Gasteiger partial charge in [0.1, 0.15) is 0 Å². The normalized spacial score (nSPS) is 25.7. The monoisotopic (exact) mass is 490 g/mol. The Balaban J connectivity index is 1.34. The van der Waals surface area contributed by atoms with Crippen molar-refractivity contribution in [3.63, 3.8) is 0 Å². The lowest BCUT2D eigenvalue weighted by atomic mass is 9.77. The van der Waals surface area contributed by atoms with Gasteiger partial charge in [-0.1, -0.05) is 93.3 Å². The van der Waals surface area contributed by atoms with Crippen LogP contribution < -0.4 is 0 Å². The summed E-state index contributed by atoms with van der Waals surface area (Å²) in [6.07, 6.45) is 19.6. The summed E-state index contributed by atoms with van der Waals surface area (Å²) in [7, 11) is 0. The highest BCUT2D eigenvalue weighted by atomic mass is 19.2. The van der Waals surface area contributed by atoms with E-state index in [1.807, 2.05) is 24.3 Å². The molecule has 36 heavy (non-hydrogen) atoms. The van der Waals surface area contributed by atoms with Gasteiger partial charge in [-0.15, -0.1) is 0 Å². The van der Waals surface area contributed by atoms with Crippen LogP contribution in [0.2, 0.25) is 0 Å². The summed E-state index contributed by atoms with van der Waals surface area (Å²) in [6.45, 7) is 4.35. The van der Waals surface area contributed by atoms with Crippen molar-refractivity contribution in [2.45, 2.75) is 103 Å². The predicted octanol–water partition coefficient (Wildman–Crippen LogP) is 11.2. The Bertz CT molecular complexity index is 982. The van der Waals surface area contributed by atoms with Crippen LogP contribution in [0.4, 0.5) is 8.78 Å². The van der Waals surface area contributed by atoms with Crippen LogP contribution in [0, 0.1) is 11.8 Å². The predicted molar refractivity (Wildman–Crippen MR) is 150 cm³/mol. The topological polar surface area (TPSA) is 0 Å². The average molecular weight is 491 g/mol. The molecule has 2 aliphatic rings. The first-order valence-corrected chi connectivity index (χ1v) is 14.5. The van der Waals surface area contributed by atoms with Crippen LogP contribution in [0.3, 0.4) is 0 Å². The quantitative estimate of drug-likeness (QED) is 0.186. The number of hydrogen-bond acceptors (Lipinski definition) is 0. The van der Waals surface area contributed by atoms with Crippen LogP contribution in [0.25, 0.3) is 11.7 Å². The van der Waals surface area contributed by atoms with Crippen LogP contribution in [-0.4, -0.2) is 0 Å². The zero-order valence-corrected chi connectivity index (χ0v) is 22.3. The van der Waals surface area contributed by atoms with Gasteiger partial charge in [0.15, 0.2) is 11.7 Å². The lowest BCUT2D eigenvalue weighted by Gasteiger charge is -2.29. The fourth-order valence-corrected chi connectivity index (χ4v) is 6.44. The van der Waals surface area contributed by atoms with Crippen molar-refractivity contribution >= 4 is 11.7 Å². The summed E-state index contributed by atoms with van der Waals surface area (Å²) < 4.78 is 30.1. The van der Waals surface area contributed by atoms with E-state index < -0.39 is 11.7 Å². The second kappa shape index (κ2) is 13.4. The van der Waals surface area contributed by atoms with Crippen molar-refractivity contribution in [3.8, 4) is 0 Å². The van der Waals surface area contributed by atoms with Gasteiger partial charge >= 0.3 is 0 Å². The third kappa shape index (κ3) is 6.96. The summed E-state index contributed by atoms with van der Waals surface area (Å²) in [4.78, 5) is 0. The molecule has 2 heteroatoms. The molecule has 194 valence electrons. The Morgan fingerprint density at radius 3 is 1.61 bits per heavy atom. The van der Waals surface area contributed by atoms with Gasteiger partial charge in [0, 0.05) is 11.1 Å². The van der Waals surface area contributed by atoms with E-state index in [4.69, 9.17) is 0 Å². The molecule has 0 N–H and O–H groups in total. The number of allylic oxidation sites excluding steroid dienone is 2. The SMILES string of the molecule is CC=CC1CCC(c2ccc(C(F)=C(F)c3ccc(C4CCC(CCCCC)CC4)cc3)cc2)CC1. The Hall–Kier alpha value is -2.22. The second-order valence-electron chi connectivity index (χ2n) is 11.2. The van der Waals surface area contributed by atoms with Crippen molar-refractivity contribution in [1.29, 1.82) is 0 Å². The molecular formula is C34H44F2. The number of halogens is 2. The second-order valence-corrected chi connectivity index (χ2v) is 11.2. The zero-order valence-electron chi connectivity index (χ0n) is 22.3. The Morgan fingerprint density at radius 2 is 1.17 bits per heavy atom. The average Bonchev–Trinajstić information content (AvgIpc) is 2.94. The third-order valence-electron chi connectivity index (χ3n) is 8.76. The maximum absolute atomic E-state index is 15.1. The van der Waals surface area contributed by atoms with Gasteiger partial charge in [0.05, 0.1) is 0 Å². The number of benzene rings is 2. The van der Waals surface area contributed by atoms with Crippen LogP contribution in [0.15, 0.2) is 60.7 Å². The number of hydrogen-bond donors (Lipinski definition) is 0. The molecule has 4 rings (SSSR count). The lowest BCUT2D eigenvalue weighted by Crippen LogP contribution is -2.13. The maximum Gasteiger partial charge on any atom is 0.166 e. The minimum atomic E-state index is -0.765. The van der Waals surface area contributed by atoms with Crippen LogP contribution in [-0.2, 0) is 0 Å². The molecule has 0 radical (unpaired) electrons. The molecule has 0 unspecified atom stereocenters. The van der Waals surface area contributed by atoms with Crippen LogP contribution in [0.5, 0.6) is 0 Å². The van der Waals surface area contributed by atoms with Crippen molar-refractivity contribution in [1.82, 2.24) is 0 Å². The van der Waals surface area contributed by atoms with Gasteiger partial charge < -0.3 is 0 Å². The van der Waals surface area contributed by atoms with E-state index in [1.165, 1.54) is 75.3 Å². The van der Waals surface area contributed by atoms with Gasteiger partial charge in [-0.3, -0.25) is 0 Å². The molecule has 0 amide bonds. The summed E-state index contributed by atoms with van der Waals surface area (Å²) >= 11 is 0. The Morgan fingerprint density at radius 1 is 0.694 bits per heavy atom. The molecule has 0 spiro atoms. The maximum atomic E-state index is 15.1. The van der Waals surface area contributed by atoms with Crippen molar-refractivity contribution < 1.29 is 8.78 Å². The number of rotatable bonds is 9. The van der Waals surface area contributed by atoms with Gasteiger partial charge in [0.25, 0.3) is 0 Å². The van der Waals surface area contributed by atoms with E-state index >= 15 is 8.78 Å². The van der Waals surface area contributed by atoms with E-state index in [2.05, 4.69) is 26.0 Å². The summed E-state index contributed by atoms with van der Waals surface area (Å²) in [5.41, 5.74) is 3.17. The van der Waals surface area contributed by atoms with E-state index in [0.29, 0.717) is 28.9 Å². The zero-order chi connectivity index (χ0) is 25.3. The Labute approximate surface area is 217 Å². The highest BCUT2D eigenvalue weighted by Gasteiger charge is 2.23. The molecule has 0 nitrogen and oxygen atoms in total. The highest BCUT2D eigenvalue weighted by Crippen LogP contribution is 2.39. The largest absolute Gasteiger partial charge is 0.203 e. The molecule has 0 aromatic heterocycles. The molecular weight excluding hydrogens is 446 g/mol. The first-order chi connectivity index (χ1) is 17.6. The summed E-state index contributed by atoms with van der Waals surface area (Å²) in [5.74, 6) is 1.12. The molecule has 0 atom stereocenters. The van der Waals surface area contributed by atoms with Gasteiger partial charge in [0.2, 0.25) is 0 Å². The molecule has 2 aliphatic carbocycles. The first kappa shape index (κ1) is 26.8. The molecule has 0 bridgehead atoms. The van der Waals surface area contributed by atoms with Crippen molar-refractivity contribution in [2.75, 3.05) is 0 Å². The standard InChI is InChI=1S/C34H44F2/c1-3-5-6-8-26-11-15-28(16-12-26)30-19-23-32(24-20-30)34(36)33(35)31-21-17-29(18-22-31)27-13-9-25(7-4-2)10-14-27/h4,7,17-28H,3,5-6,8-16H2,1-2H3. The molecule has 0 heterocycles. The van der Waals surface area contributed by atoms with Crippen LogP contribution >= 0.6 is 0 Å². The Kier molecular flexibility index (Phi) is 9.96. The smallest absolute Gasteiger partial charge is 0.166 e. The fourth-order valence-electron chi connectivity index (χ4n) is 6.44. The number of unbranched alkanes of at least 4 members (excludes halogenated alkanes) is 2.